The van der Waals surface area contributed by atoms with Crippen LogP contribution in [0, 0.1) is 0 Å². The van der Waals surface area contributed by atoms with Crippen LogP contribution in [0.2, 0.25) is 0 Å². The van der Waals surface area contributed by atoms with Gasteiger partial charge in [0.25, 0.3) is 0 Å². The topological polar surface area (TPSA) is 40.4 Å². The summed E-state index contributed by atoms with van der Waals surface area (Å²) in [5.74, 6) is 0.940. The number of nitrogens with zero attached hydrogens (tertiary/aromatic N) is 5. The molecule has 6 heteroatoms. The standard InChI is InChI=1S/C22H28N5O/c1-2-11-25(10-1)12-14-28-22-8-4-7-20(15-22)26(19-5-3-6-19)27-13-9-23-16-21(27)17-24-18-27/h4,7-9,13,15-19H,1-3,5-6,10-12,14H2/q+1. The van der Waals surface area contributed by atoms with E-state index in [4.69, 9.17) is 4.74 Å². The van der Waals surface area contributed by atoms with E-state index in [1.807, 2.05) is 25.0 Å². The summed E-state index contributed by atoms with van der Waals surface area (Å²) in [7, 11) is 0. The molecule has 146 valence electrons. The summed E-state index contributed by atoms with van der Waals surface area (Å²) in [5.41, 5.74) is 2.25. The molecule has 0 N–H and O–H groups in total. The fourth-order valence-electron chi connectivity index (χ4n) is 4.45. The predicted molar refractivity (Wildman–Crippen MR) is 112 cm³/mol. The third kappa shape index (κ3) is 3.16. The highest BCUT2D eigenvalue weighted by molar-refractivity contribution is 5.82. The van der Waals surface area contributed by atoms with Gasteiger partial charge in [0.15, 0.2) is 6.20 Å². The number of fused-ring (bicyclic) bond motifs is 1. The molecule has 2 fully saturated rings. The van der Waals surface area contributed by atoms with Crippen molar-refractivity contribution in [3.63, 3.8) is 0 Å². The van der Waals surface area contributed by atoms with Crippen LogP contribution in [0.3, 0.4) is 0 Å². The van der Waals surface area contributed by atoms with E-state index in [0.717, 1.165) is 24.6 Å². The first-order valence-electron chi connectivity index (χ1n) is 10.4. The maximum Gasteiger partial charge on any atom is 0.225 e. The van der Waals surface area contributed by atoms with Gasteiger partial charge in [0.1, 0.15) is 12.4 Å². The van der Waals surface area contributed by atoms with Gasteiger partial charge in [-0.3, -0.25) is 9.89 Å². The molecule has 4 aliphatic rings. The van der Waals surface area contributed by atoms with Crippen LogP contribution in [-0.4, -0.2) is 54.3 Å². The van der Waals surface area contributed by atoms with Crippen molar-refractivity contribution in [2.24, 2.45) is 9.98 Å². The average Bonchev–Trinajstić information content (AvgIpc) is 3.34. The summed E-state index contributed by atoms with van der Waals surface area (Å²) in [6.45, 7) is 4.17. The van der Waals surface area contributed by atoms with Crippen LogP contribution in [0.15, 0.2) is 58.5 Å². The summed E-state index contributed by atoms with van der Waals surface area (Å²) < 4.78 is 6.61. The monoisotopic (exact) mass is 378 g/mol. The van der Waals surface area contributed by atoms with Crippen molar-refractivity contribution in [3.05, 3.63) is 48.6 Å². The molecule has 1 unspecified atom stereocenters. The fourth-order valence-corrected chi connectivity index (χ4v) is 4.45. The lowest BCUT2D eigenvalue weighted by Crippen LogP contribution is -2.61. The Morgan fingerprint density at radius 2 is 2.04 bits per heavy atom. The molecule has 6 nitrogen and oxygen atoms in total. The van der Waals surface area contributed by atoms with E-state index in [1.54, 1.807) is 0 Å². The van der Waals surface area contributed by atoms with Crippen LogP contribution in [0.25, 0.3) is 0 Å². The van der Waals surface area contributed by atoms with Crippen LogP contribution in [0.1, 0.15) is 32.1 Å². The zero-order chi connectivity index (χ0) is 18.8. The molecule has 1 atom stereocenters. The van der Waals surface area contributed by atoms with Crippen LogP contribution >= 0.6 is 0 Å². The summed E-state index contributed by atoms with van der Waals surface area (Å²) in [6.07, 6.45) is 16.1. The van der Waals surface area contributed by atoms with Crippen molar-refractivity contribution < 1.29 is 9.33 Å². The van der Waals surface area contributed by atoms with Gasteiger partial charge in [-0.15, -0.1) is 4.59 Å². The second-order valence-corrected chi connectivity index (χ2v) is 7.96. The van der Waals surface area contributed by atoms with Gasteiger partial charge in [0.2, 0.25) is 12.0 Å². The number of rotatable bonds is 7. The lowest BCUT2D eigenvalue weighted by Gasteiger charge is -2.46. The molecule has 1 aliphatic carbocycles. The van der Waals surface area contributed by atoms with Gasteiger partial charge in [0.05, 0.1) is 30.3 Å². The van der Waals surface area contributed by atoms with Crippen molar-refractivity contribution in [2.45, 2.75) is 38.1 Å². The number of benzene rings is 1. The maximum atomic E-state index is 6.12. The molecule has 3 heterocycles. The highest BCUT2D eigenvalue weighted by atomic mass is 16.5. The largest absolute Gasteiger partial charge is 0.492 e. The summed E-state index contributed by atoms with van der Waals surface area (Å²) >= 11 is 0. The number of anilines is 1. The number of hydrogen-bond acceptors (Lipinski definition) is 5. The van der Waals surface area contributed by atoms with Crippen molar-refractivity contribution in [3.8, 4) is 5.75 Å². The van der Waals surface area contributed by atoms with E-state index in [-0.39, 0.29) is 0 Å². The normalized spacial score (nSPS) is 26.2. The number of ether oxygens (including phenoxy) is 1. The highest BCUT2D eigenvalue weighted by Crippen LogP contribution is 2.39. The molecule has 0 aromatic heterocycles. The van der Waals surface area contributed by atoms with Gasteiger partial charge < -0.3 is 4.74 Å². The molecule has 28 heavy (non-hydrogen) atoms. The Labute approximate surface area is 166 Å². The summed E-state index contributed by atoms with van der Waals surface area (Å²) in [5, 5.41) is 2.46. The molecule has 0 amide bonds. The van der Waals surface area contributed by atoms with Crippen LogP contribution < -0.4 is 9.75 Å². The number of likely N-dealkylation sites (tertiary alicyclic amines) is 1. The van der Waals surface area contributed by atoms with Crippen LogP contribution in [0.4, 0.5) is 5.69 Å². The van der Waals surface area contributed by atoms with E-state index in [1.165, 1.54) is 50.9 Å². The van der Waals surface area contributed by atoms with E-state index in [9.17, 15) is 0 Å². The molecule has 1 aromatic carbocycles. The van der Waals surface area contributed by atoms with Gasteiger partial charge in [-0.05, 0) is 57.3 Å². The van der Waals surface area contributed by atoms with Crippen molar-refractivity contribution in [2.75, 3.05) is 31.3 Å². The molecule has 0 spiro atoms. The van der Waals surface area contributed by atoms with Gasteiger partial charge in [-0.1, -0.05) is 6.07 Å². The third-order valence-electron chi connectivity index (χ3n) is 6.18. The Morgan fingerprint density at radius 3 is 2.86 bits per heavy atom. The molecule has 1 aromatic rings. The molecule has 5 rings (SSSR count). The minimum atomic E-state index is 0.490. The quantitative estimate of drug-likeness (QED) is 0.680. The predicted octanol–water partition coefficient (Wildman–Crippen LogP) is 3.69. The van der Waals surface area contributed by atoms with Crippen molar-refractivity contribution in [1.82, 2.24) is 4.90 Å². The molecular formula is C22H28N5O+. The number of aliphatic imine (C=N–C) groups is 2. The fraction of sp³-hybridized carbons (Fsp3) is 0.455. The first-order valence-corrected chi connectivity index (χ1v) is 10.4. The Balaban J connectivity index is 1.38. The van der Waals surface area contributed by atoms with Gasteiger partial charge in [0, 0.05) is 12.6 Å². The van der Waals surface area contributed by atoms with Crippen LogP contribution in [-0.2, 0) is 0 Å². The second kappa shape index (κ2) is 7.53. The average molecular weight is 379 g/mol. The minimum Gasteiger partial charge on any atom is -0.492 e. The SMILES string of the molecule is C1=C[N+]2(N(c3cccc(OCCN4CCCC4)c3)C3CCC3)C=NC=C2C=N1. The molecular weight excluding hydrogens is 350 g/mol. The highest BCUT2D eigenvalue weighted by Gasteiger charge is 2.46. The van der Waals surface area contributed by atoms with Crippen molar-refractivity contribution in [1.29, 1.82) is 0 Å². The summed E-state index contributed by atoms with van der Waals surface area (Å²) in [6, 6.07) is 9.02. The first-order chi connectivity index (χ1) is 13.9. The van der Waals surface area contributed by atoms with E-state index in [0.29, 0.717) is 10.6 Å². The molecule has 0 radical (unpaired) electrons. The van der Waals surface area contributed by atoms with E-state index in [2.05, 4.69) is 50.4 Å². The lowest BCUT2D eigenvalue weighted by atomic mass is 9.91. The molecule has 1 saturated heterocycles. The smallest absolute Gasteiger partial charge is 0.225 e. The minimum absolute atomic E-state index is 0.490. The first kappa shape index (κ1) is 17.6. The number of quaternary nitrogens is 1. The van der Waals surface area contributed by atoms with Gasteiger partial charge in [-0.25, -0.2) is 10.0 Å². The molecule has 3 aliphatic heterocycles. The number of hydrogen-bond donors (Lipinski definition) is 0. The Bertz CT molecular complexity index is 835. The number of allylic oxidation sites excluding steroid dienone is 1. The molecule has 0 bridgehead atoms. The second-order valence-electron chi connectivity index (χ2n) is 7.96. The lowest BCUT2D eigenvalue weighted by molar-refractivity contribution is -0.746. The third-order valence-corrected chi connectivity index (χ3v) is 6.18. The zero-order valence-electron chi connectivity index (χ0n) is 16.3. The van der Waals surface area contributed by atoms with Crippen molar-refractivity contribution >= 4 is 18.2 Å². The zero-order valence-corrected chi connectivity index (χ0v) is 16.3. The van der Waals surface area contributed by atoms with Gasteiger partial charge in [-0.2, -0.15) is 0 Å². The maximum absolute atomic E-state index is 6.12. The van der Waals surface area contributed by atoms with Gasteiger partial charge >= 0.3 is 0 Å². The Kier molecular flexibility index (Phi) is 4.74. The molecule has 1 saturated carbocycles. The summed E-state index contributed by atoms with van der Waals surface area (Å²) in [4.78, 5) is 11.3. The Morgan fingerprint density at radius 1 is 1.14 bits per heavy atom. The van der Waals surface area contributed by atoms with E-state index >= 15 is 0 Å². The van der Waals surface area contributed by atoms with E-state index < -0.39 is 0 Å². The Hall–Kier alpha value is -2.44. The van der Waals surface area contributed by atoms with Crippen LogP contribution in [0.5, 0.6) is 5.75 Å².